The molecule has 0 aliphatic carbocycles. The highest BCUT2D eigenvalue weighted by atomic mass is 32.1. The molecule has 0 radical (unpaired) electrons. The number of rotatable bonds is 9. The zero-order valence-electron chi connectivity index (χ0n) is 16.3. The first-order chi connectivity index (χ1) is 14.1. The molecule has 3 N–H and O–H groups in total. The molecule has 6 nitrogen and oxygen atoms in total. The second-order valence-electron chi connectivity index (χ2n) is 6.86. The van der Waals surface area contributed by atoms with Gasteiger partial charge in [0.25, 0.3) is 11.5 Å². The summed E-state index contributed by atoms with van der Waals surface area (Å²) in [6, 6.07) is 17.0. The lowest BCUT2D eigenvalue weighted by Crippen LogP contribution is -2.32. The van der Waals surface area contributed by atoms with E-state index in [1.165, 1.54) is 0 Å². The van der Waals surface area contributed by atoms with E-state index in [9.17, 15) is 14.7 Å². The van der Waals surface area contributed by atoms with Crippen LogP contribution in [0.4, 0.5) is 0 Å². The summed E-state index contributed by atoms with van der Waals surface area (Å²) in [6.07, 6.45) is 0. The number of nitrogens with zero attached hydrogens (tertiary/aromatic N) is 1. The zero-order chi connectivity index (χ0) is 20.6. The number of thiophene rings is 1. The highest BCUT2D eigenvalue weighted by molar-refractivity contribution is 7.10. The number of amides is 1. The summed E-state index contributed by atoms with van der Waals surface area (Å²) in [5.74, 6) is -0.393. The maximum absolute atomic E-state index is 12.5. The largest absolute Gasteiger partial charge is 0.395 e. The molecule has 0 aliphatic heterocycles. The monoisotopic (exact) mass is 411 g/mol. The lowest BCUT2D eigenvalue weighted by atomic mass is 10.2. The van der Waals surface area contributed by atoms with Crippen LogP contribution >= 0.6 is 11.3 Å². The highest BCUT2D eigenvalue weighted by Gasteiger charge is 2.16. The molecule has 7 heteroatoms. The fourth-order valence-electron chi connectivity index (χ4n) is 3.11. The van der Waals surface area contributed by atoms with Crippen molar-refractivity contribution >= 4 is 17.2 Å². The van der Waals surface area contributed by atoms with Crippen LogP contribution in [0, 0.1) is 0 Å². The zero-order valence-corrected chi connectivity index (χ0v) is 17.1. The molecule has 0 aliphatic rings. The Morgan fingerprint density at radius 1 is 1.14 bits per heavy atom. The molecule has 3 rings (SSSR count). The smallest absolute Gasteiger partial charge is 0.261 e. The van der Waals surface area contributed by atoms with Gasteiger partial charge in [-0.3, -0.25) is 14.5 Å². The van der Waals surface area contributed by atoms with Crippen LogP contribution in [0.1, 0.15) is 39.5 Å². The van der Waals surface area contributed by atoms with Crippen LogP contribution in [0.3, 0.4) is 0 Å². The number of carbonyl (C=O) groups excluding carboxylic acids is 1. The van der Waals surface area contributed by atoms with E-state index >= 15 is 0 Å². The Kier molecular flexibility index (Phi) is 7.35. The number of aliphatic hydroxyl groups is 1. The second kappa shape index (κ2) is 10.2. The summed E-state index contributed by atoms with van der Waals surface area (Å²) in [5, 5.41) is 14.2. The molecule has 0 fully saturated rings. The standard InChI is InChI=1S/C22H25N3O3S/c1-16(20-8-5-13-29-20)23-21(27)19-10-9-18(24-22(19)28)15-25(11-12-26)14-17-6-3-2-4-7-17/h2-10,13,16,26H,11-12,14-15H2,1H3,(H,23,27)(H,24,28). The first kappa shape index (κ1) is 21.0. The fraction of sp³-hybridized carbons (Fsp3) is 0.273. The summed E-state index contributed by atoms with van der Waals surface area (Å²) in [6.45, 7) is 3.53. The molecule has 29 heavy (non-hydrogen) atoms. The van der Waals surface area contributed by atoms with Gasteiger partial charge in [-0.1, -0.05) is 36.4 Å². The van der Waals surface area contributed by atoms with Crippen molar-refractivity contribution in [2.45, 2.75) is 26.1 Å². The third kappa shape index (κ3) is 5.87. The van der Waals surface area contributed by atoms with Gasteiger partial charge in [-0.25, -0.2) is 0 Å². The molecular formula is C22H25N3O3S. The van der Waals surface area contributed by atoms with E-state index in [-0.39, 0.29) is 18.2 Å². The van der Waals surface area contributed by atoms with E-state index in [4.69, 9.17) is 0 Å². The Balaban J connectivity index is 1.67. The summed E-state index contributed by atoms with van der Waals surface area (Å²) in [4.78, 5) is 30.8. The number of H-pyrrole nitrogens is 1. The van der Waals surface area contributed by atoms with Crippen LogP contribution in [0.2, 0.25) is 0 Å². The fourth-order valence-corrected chi connectivity index (χ4v) is 3.84. The van der Waals surface area contributed by atoms with E-state index in [2.05, 4.69) is 10.3 Å². The van der Waals surface area contributed by atoms with Gasteiger partial charge in [0.2, 0.25) is 0 Å². The molecule has 1 amide bonds. The van der Waals surface area contributed by atoms with Gasteiger partial charge >= 0.3 is 0 Å². The number of pyridine rings is 1. The highest BCUT2D eigenvalue weighted by Crippen LogP contribution is 2.18. The predicted molar refractivity (Wildman–Crippen MR) is 115 cm³/mol. The molecule has 1 unspecified atom stereocenters. The molecule has 3 aromatic rings. The molecule has 0 bridgehead atoms. The number of aromatic amines is 1. The van der Waals surface area contributed by atoms with Crippen LogP contribution in [0.15, 0.2) is 64.8 Å². The van der Waals surface area contributed by atoms with Gasteiger partial charge in [-0.05, 0) is 36.1 Å². The number of hydrogen-bond acceptors (Lipinski definition) is 5. The number of aromatic nitrogens is 1. The molecule has 0 saturated carbocycles. The Hall–Kier alpha value is -2.74. The number of benzene rings is 1. The minimum Gasteiger partial charge on any atom is -0.395 e. The van der Waals surface area contributed by atoms with Crippen molar-refractivity contribution in [1.82, 2.24) is 15.2 Å². The first-order valence-corrected chi connectivity index (χ1v) is 10.4. The van der Waals surface area contributed by atoms with Crippen LogP contribution in [-0.2, 0) is 13.1 Å². The Bertz CT molecular complexity index is 970. The predicted octanol–water partition coefficient (Wildman–Crippen LogP) is 2.92. The van der Waals surface area contributed by atoms with Crippen LogP contribution in [0.25, 0.3) is 0 Å². The molecule has 2 heterocycles. The number of nitrogens with one attached hydrogen (secondary N) is 2. The van der Waals surface area contributed by atoms with Gasteiger partial charge in [-0.2, -0.15) is 0 Å². The summed E-state index contributed by atoms with van der Waals surface area (Å²) < 4.78 is 0. The van der Waals surface area contributed by atoms with Gasteiger partial charge in [0.15, 0.2) is 0 Å². The van der Waals surface area contributed by atoms with Gasteiger partial charge in [-0.15, -0.1) is 11.3 Å². The van der Waals surface area contributed by atoms with Crippen LogP contribution in [0.5, 0.6) is 0 Å². The second-order valence-corrected chi connectivity index (χ2v) is 7.84. The Morgan fingerprint density at radius 3 is 2.59 bits per heavy atom. The maximum atomic E-state index is 12.5. The lowest BCUT2D eigenvalue weighted by molar-refractivity contribution is 0.0939. The van der Waals surface area contributed by atoms with Gasteiger partial charge < -0.3 is 15.4 Å². The normalized spacial score (nSPS) is 12.1. The van der Waals surface area contributed by atoms with Crippen molar-refractivity contribution in [3.63, 3.8) is 0 Å². The molecule has 2 aromatic heterocycles. The lowest BCUT2D eigenvalue weighted by Gasteiger charge is -2.21. The third-order valence-electron chi connectivity index (χ3n) is 4.59. The SMILES string of the molecule is CC(NC(=O)c1ccc(CN(CCO)Cc2ccccc2)[nH]c1=O)c1cccs1. The van der Waals surface area contributed by atoms with E-state index in [0.29, 0.717) is 25.3 Å². The van der Waals surface area contributed by atoms with Crippen molar-refractivity contribution in [2.75, 3.05) is 13.2 Å². The minimum absolute atomic E-state index is 0.0260. The average molecular weight is 412 g/mol. The van der Waals surface area contributed by atoms with Gasteiger partial charge in [0, 0.05) is 30.2 Å². The summed E-state index contributed by atoms with van der Waals surface area (Å²) in [7, 11) is 0. The van der Waals surface area contributed by atoms with E-state index in [0.717, 1.165) is 10.4 Å². The van der Waals surface area contributed by atoms with Crippen LogP contribution < -0.4 is 10.9 Å². The molecule has 0 saturated heterocycles. The summed E-state index contributed by atoms with van der Waals surface area (Å²) in [5.41, 5.74) is 1.50. The Morgan fingerprint density at radius 2 is 1.93 bits per heavy atom. The number of carbonyl (C=O) groups is 1. The minimum atomic E-state index is -0.415. The van der Waals surface area contributed by atoms with Crippen molar-refractivity contribution < 1.29 is 9.90 Å². The maximum Gasteiger partial charge on any atom is 0.261 e. The molecular weight excluding hydrogens is 386 g/mol. The van der Waals surface area contributed by atoms with Crippen molar-refractivity contribution in [1.29, 1.82) is 0 Å². The van der Waals surface area contributed by atoms with Crippen molar-refractivity contribution in [3.05, 3.63) is 92.0 Å². The quantitative estimate of drug-likeness (QED) is 0.505. The van der Waals surface area contributed by atoms with Crippen molar-refractivity contribution in [3.8, 4) is 0 Å². The third-order valence-corrected chi connectivity index (χ3v) is 5.65. The molecule has 0 spiro atoms. The summed E-state index contributed by atoms with van der Waals surface area (Å²) >= 11 is 1.56. The molecule has 152 valence electrons. The van der Waals surface area contributed by atoms with Gasteiger partial charge in [0.1, 0.15) is 5.56 Å². The first-order valence-electron chi connectivity index (χ1n) is 9.50. The molecule has 1 atom stereocenters. The van der Waals surface area contributed by atoms with Crippen LogP contribution in [-0.4, -0.2) is 34.0 Å². The number of aliphatic hydroxyl groups excluding tert-OH is 1. The van der Waals surface area contributed by atoms with E-state index < -0.39 is 11.5 Å². The number of hydrogen-bond donors (Lipinski definition) is 3. The Labute approximate surface area is 173 Å². The van der Waals surface area contributed by atoms with Gasteiger partial charge in [0.05, 0.1) is 12.6 Å². The average Bonchev–Trinajstić information content (AvgIpc) is 3.24. The van der Waals surface area contributed by atoms with Crippen molar-refractivity contribution in [2.24, 2.45) is 0 Å². The van der Waals surface area contributed by atoms with E-state index in [1.54, 1.807) is 23.5 Å². The topological polar surface area (TPSA) is 85.4 Å². The molecule has 1 aromatic carbocycles. The van der Waals surface area contributed by atoms with E-state index in [1.807, 2.05) is 59.7 Å².